The molecule has 0 aliphatic carbocycles. The van der Waals surface area contributed by atoms with Crippen LogP contribution >= 0.6 is 0 Å². The summed E-state index contributed by atoms with van der Waals surface area (Å²) in [5.74, 6) is 0.596. The van der Waals surface area contributed by atoms with Crippen LogP contribution in [-0.2, 0) is 0 Å². The summed E-state index contributed by atoms with van der Waals surface area (Å²) in [6.45, 7) is 4.74. The van der Waals surface area contributed by atoms with Crippen molar-refractivity contribution in [3.63, 3.8) is 0 Å². The van der Waals surface area contributed by atoms with E-state index in [1.54, 1.807) is 18.2 Å². The third-order valence-corrected chi connectivity index (χ3v) is 4.42. The molecule has 3 N–H and O–H groups in total. The van der Waals surface area contributed by atoms with E-state index in [-0.39, 0.29) is 11.9 Å². The molecule has 2 atom stereocenters. The quantitative estimate of drug-likeness (QED) is 0.827. The van der Waals surface area contributed by atoms with Crippen LogP contribution in [0.3, 0.4) is 0 Å². The zero-order valence-corrected chi connectivity index (χ0v) is 12.5. The first kappa shape index (κ1) is 14.2. The minimum atomic E-state index is -0.0537. The van der Waals surface area contributed by atoms with Crippen LogP contribution in [-0.4, -0.2) is 42.6 Å². The molecule has 3 rings (SSSR count). The Kier molecular flexibility index (Phi) is 4.01. The minimum Gasteiger partial charge on any atom is -0.494 e. The van der Waals surface area contributed by atoms with E-state index in [0.717, 1.165) is 13.0 Å². The largest absolute Gasteiger partial charge is 0.494 e. The predicted octanol–water partition coefficient (Wildman–Crippen LogP) is 1.63. The lowest BCUT2D eigenvalue weighted by Crippen LogP contribution is -2.42. The molecule has 0 saturated carbocycles. The van der Waals surface area contributed by atoms with Crippen LogP contribution in [0.25, 0.3) is 0 Å². The number of rotatable bonds is 4. The van der Waals surface area contributed by atoms with E-state index in [2.05, 4.69) is 10.2 Å². The molecule has 1 aromatic rings. The highest BCUT2D eigenvalue weighted by Gasteiger charge is 2.37. The van der Waals surface area contributed by atoms with E-state index in [1.807, 2.05) is 6.92 Å². The van der Waals surface area contributed by atoms with Gasteiger partial charge in [-0.1, -0.05) is 0 Å². The second kappa shape index (κ2) is 5.93. The van der Waals surface area contributed by atoms with Gasteiger partial charge in [0.15, 0.2) is 0 Å². The fourth-order valence-electron chi connectivity index (χ4n) is 3.51. The average Bonchev–Trinajstić information content (AvgIpc) is 3.03. The van der Waals surface area contributed by atoms with Gasteiger partial charge in [-0.15, -0.1) is 0 Å². The number of ether oxygens (including phenoxy) is 1. The number of hydrogen-bond donors (Lipinski definition) is 2. The maximum absolute atomic E-state index is 12.5. The third kappa shape index (κ3) is 2.97. The molecule has 5 nitrogen and oxygen atoms in total. The van der Waals surface area contributed by atoms with Gasteiger partial charge in [0.1, 0.15) is 5.75 Å². The van der Waals surface area contributed by atoms with E-state index in [9.17, 15) is 4.79 Å². The number of nitrogens with zero attached hydrogens (tertiary/aromatic N) is 1. The summed E-state index contributed by atoms with van der Waals surface area (Å²) in [6, 6.07) is 5.99. The molecule has 2 fully saturated rings. The molecule has 0 spiro atoms. The van der Waals surface area contributed by atoms with Gasteiger partial charge in [-0.05, 0) is 44.9 Å². The highest BCUT2D eigenvalue weighted by atomic mass is 16.5. The van der Waals surface area contributed by atoms with Crippen LogP contribution in [0.5, 0.6) is 5.75 Å². The number of amides is 1. The summed E-state index contributed by atoms with van der Waals surface area (Å²) in [5, 5.41) is 3.17. The first-order valence-corrected chi connectivity index (χ1v) is 7.75. The topological polar surface area (TPSA) is 67.6 Å². The summed E-state index contributed by atoms with van der Waals surface area (Å²) >= 11 is 0. The molecule has 2 unspecified atom stereocenters. The van der Waals surface area contributed by atoms with Crippen molar-refractivity contribution in [1.29, 1.82) is 0 Å². The Hall–Kier alpha value is -1.75. The van der Waals surface area contributed by atoms with Gasteiger partial charge in [-0.3, -0.25) is 9.69 Å². The van der Waals surface area contributed by atoms with Crippen molar-refractivity contribution < 1.29 is 9.53 Å². The Morgan fingerprint density at radius 3 is 3.05 bits per heavy atom. The minimum absolute atomic E-state index is 0.0537. The van der Waals surface area contributed by atoms with Gasteiger partial charge in [-0.25, -0.2) is 0 Å². The summed E-state index contributed by atoms with van der Waals surface area (Å²) in [5.41, 5.74) is 6.99. The van der Waals surface area contributed by atoms with Gasteiger partial charge in [0.05, 0.1) is 6.61 Å². The second-order valence-electron chi connectivity index (χ2n) is 5.84. The molecule has 0 bridgehead atoms. The maximum Gasteiger partial charge on any atom is 0.251 e. The summed E-state index contributed by atoms with van der Waals surface area (Å²) < 4.78 is 5.45. The first-order valence-electron chi connectivity index (χ1n) is 7.75. The number of fused-ring (bicyclic) bond motifs is 1. The van der Waals surface area contributed by atoms with Gasteiger partial charge in [-0.2, -0.15) is 0 Å². The molecular formula is C16H23N3O2. The second-order valence-corrected chi connectivity index (χ2v) is 5.84. The zero-order valence-electron chi connectivity index (χ0n) is 12.5. The number of benzene rings is 1. The smallest absolute Gasteiger partial charge is 0.251 e. The monoisotopic (exact) mass is 289 g/mol. The Morgan fingerprint density at radius 2 is 2.24 bits per heavy atom. The lowest BCUT2D eigenvalue weighted by Gasteiger charge is -2.21. The van der Waals surface area contributed by atoms with Gasteiger partial charge in [0.25, 0.3) is 5.91 Å². The van der Waals surface area contributed by atoms with Crippen molar-refractivity contribution in [3.8, 4) is 5.75 Å². The summed E-state index contributed by atoms with van der Waals surface area (Å²) in [7, 11) is 0. The average molecular weight is 289 g/mol. The van der Waals surface area contributed by atoms with Gasteiger partial charge in [0.2, 0.25) is 0 Å². The van der Waals surface area contributed by atoms with Gasteiger partial charge >= 0.3 is 0 Å². The normalized spacial score (nSPS) is 24.8. The van der Waals surface area contributed by atoms with Crippen molar-refractivity contribution in [2.45, 2.75) is 38.3 Å². The molecule has 2 aliphatic heterocycles. The van der Waals surface area contributed by atoms with Crippen LogP contribution in [0.1, 0.15) is 36.5 Å². The van der Waals surface area contributed by atoms with E-state index in [0.29, 0.717) is 29.6 Å². The van der Waals surface area contributed by atoms with E-state index in [4.69, 9.17) is 10.5 Å². The standard InChI is InChI=1S/C16H23N3O2/c1-2-21-13-9-11(8-12(17)10-13)16(20)18-14-5-7-19-6-3-4-15(14)19/h8-10,14-15H,2-7,17H2,1H3,(H,18,20). The molecule has 1 amide bonds. The van der Waals surface area contributed by atoms with Crippen molar-refractivity contribution in [2.75, 3.05) is 25.4 Å². The molecule has 114 valence electrons. The number of hydrogen-bond acceptors (Lipinski definition) is 4. The Balaban J connectivity index is 1.70. The zero-order chi connectivity index (χ0) is 14.8. The molecule has 2 heterocycles. The molecule has 1 aromatic carbocycles. The number of anilines is 1. The molecule has 21 heavy (non-hydrogen) atoms. The molecule has 5 heteroatoms. The highest BCUT2D eigenvalue weighted by Crippen LogP contribution is 2.28. The van der Waals surface area contributed by atoms with E-state index < -0.39 is 0 Å². The molecular weight excluding hydrogens is 266 g/mol. The van der Waals surface area contributed by atoms with Crippen molar-refractivity contribution in [1.82, 2.24) is 10.2 Å². The fraction of sp³-hybridized carbons (Fsp3) is 0.562. The fourth-order valence-corrected chi connectivity index (χ4v) is 3.51. The third-order valence-electron chi connectivity index (χ3n) is 4.42. The number of nitrogen functional groups attached to an aromatic ring is 1. The van der Waals surface area contributed by atoms with Crippen molar-refractivity contribution in [3.05, 3.63) is 23.8 Å². The lowest BCUT2D eigenvalue weighted by atomic mass is 10.1. The van der Waals surface area contributed by atoms with E-state index in [1.165, 1.54) is 19.4 Å². The number of carbonyl (C=O) groups is 1. The van der Waals surface area contributed by atoms with Crippen LogP contribution in [0.4, 0.5) is 5.69 Å². The van der Waals surface area contributed by atoms with Crippen LogP contribution < -0.4 is 15.8 Å². The number of nitrogens with one attached hydrogen (secondary N) is 1. The Bertz CT molecular complexity index is 532. The number of nitrogens with two attached hydrogens (primary N) is 1. The first-order chi connectivity index (χ1) is 10.2. The Labute approximate surface area is 125 Å². The van der Waals surface area contributed by atoms with E-state index >= 15 is 0 Å². The van der Waals surface area contributed by atoms with Gasteiger partial charge in [0, 0.05) is 35.9 Å². The van der Waals surface area contributed by atoms with Gasteiger partial charge < -0.3 is 15.8 Å². The highest BCUT2D eigenvalue weighted by molar-refractivity contribution is 5.95. The SMILES string of the molecule is CCOc1cc(N)cc(C(=O)NC2CCN3CCCC23)c1. The lowest BCUT2D eigenvalue weighted by molar-refractivity contribution is 0.0929. The molecule has 2 saturated heterocycles. The van der Waals surface area contributed by atoms with Crippen molar-refractivity contribution in [2.24, 2.45) is 0 Å². The van der Waals surface area contributed by atoms with Crippen LogP contribution in [0.2, 0.25) is 0 Å². The molecule has 2 aliphatic rings. The van der Waals surface area contributed by atoms with Crippen molar-refractivity contribution >= 4 is 11.6 Å². The van der Waals surface area contributed by atoms with Crippen LogP contribution in [0.15, 0.2) is 18.2 Å². The Morgan fingerprint density at radius 1 is 1.38 bits per heavy atom. The summed E-state index contributed by atoms with van der Waals surface area (Å²) in [6.07, 6.45) is 3.47. The van der Waals surface area contributed by atoms with Crippen LogP contribution in [0, 0.1) is 0 Å². The molecule has 0 aromatic heterocycles. The molecule has 0 radical (unpaired) electrons. The number of carbonyl (C=O) groups excluding carboxylic acids is 1. The summed E-state index contributed by atoms with van der Waals surface area (Å²) in [4.78, 5) is 14.9. The predicted molar refractivity (Wildman–Crippen MR) is 82.5 cm³/mol. The maximum atomic E-state index is 12.5.